The zero-order valence-corrected chi connectivity index (χ0v) is 13.9. The van der Waals surface area contributed by atoms with Gasteiger partial charge >= 0.3 is 6.18 Å². The smallest absolute Gasteiger partial charge is 0.362 e. The Morgan fingerprint density at radius 1 is 1.08 bits per heavy atom. The van der Waals surface area contributed by atoms with E-state index in [4.69, 9.17) is 0 Å². The number of aromatic nitrogens is 3. The third-order valence-corrected chi connectivity index (χ3v) is 3.69. The van der Waals surface area contributed by atoms with Gasteiger partial charge in [0.25, 0.3) is 0 Å². The number of anilines is 3. The minimum atomic E-state index is -4.47. The topological polar surface area (TPSA) is 53.9 Å². The van der Waals surface area contributed by atoms with Gasteiger partial charge in [-0.2, -0.15) is 18.2 Å². The molecule has 8 heteroatoms. The highest BCUT2D eigenvalue weighted by molar-refractivity contribution is 5.94. The van der Waals surface area contributed by atoms with Crippen molar-refractivity contribution in [2.45, 2.75) is 13.1 Å². The van der Waals surface area contributed by atoms with Crippen molar-refractivity contribution in [2.75, 3.05) is 24.3 Å². The van der Waals surface area contributed by atoms with Crippen LogP contribution in [0.25, 0.3) is 10.9 Å². The molecule has 0 radical (unpaired) electrons. The molecule has 0 aliphatic rings. The van der Waals surface area contributed by atoms with E-state index in [1.165, 1.54) is 12.3 Å². The molecule has 0 saturated carbocycles. The average molecular weight is 347 g/mol. The number of nitrogens with zero attached hydrogens (tertiary/aromatic N) is 4. The van der Waals surface area contributed by atoms with Crippen molar-refractivity contribution in [3.63, 3.8) is 0 Å². The van der Waals surface area contributed by atoms with Gasteiger partial charge in [0.1, 0.15) is 5.82 Å². The maximum absolute atomic E-state index is 13.2. The Morgan fingerprint density at radius 2 is 1.84 bits per heavy atom. The SMILES string of the molecule is Cc1cnc(Nc2ccnc3c(C(F)(F)F)cccc23)nc1N(C)C. The predicted molar refractivity (Wildman–Crippen MR) is 91.1 cm³/mol. The molecule has 0 spiro atoms. The zero-order valence-electron chi connectivity index (χ0n) is 13.9. The van der Waals surface area contributed by atoms with E-state index >= 15 is 0 Å². The number of fused-ring (bicyclic) bond motifs is 1. The van der Waals surface area contributed by atoms with Crippen LogP contribution in [-0.2, 0) is 6.18 Å². The Morgan fingerprint density at radius 3 is 2.52 bits per heavy atom. The summed E-state index contributed by atoms with van der Waals surface area (Å²) >= 11 is 0. The Hall–Kier alpha value is -2.90. The standard InChI is InChI=1S/C17H16F3N5/c1-10-9-22-16(24-15(10)25(2)3)23-13-7-8-21-14-11(13)5-4-6-12(14)17(18,19)20/h4-9H,1-3H3,(H,21,22,23,24). The van der Waals surface area contributed by atoms with E-state index < -0.39 is 11.7 Å². The predicted octanol–water partition coefficient (Wildman–Crippen LogP) is 4.16. The van der Waals surface area contributed by atoms with Crippen LogP contribution in [0.3, 0.4) is 0 Å². The lowest BCUT2D eigenvalue weighted by Crippen LogP contribution is -2.14. The Bertz CT molecular complexity index is 922. The van der Waals surface area contributed by atoms with E-state index in [0.717, 1.165) is 17.4 Å². The fraction of sp³-hybridized carbons (Fsp3) is 0.235. The molecule has 5 nitrogen and oxygen atoms in total. The van der Waals surface area contributed by atoms with E-state index in [1.54, 1.807) is 18.3 Å². The highest BCUT2D eigenvalue weighted by atomic mass is 19.4. The van der Waals surface area contributed by atoms with Crippen LogP contribution >= 0.6 is 0 Å². The van der Waals surface area contributed by atoms with Crippen molar-refractivity contribution >= 4 is 28.4 Å². The lowest BCUT2D eigenvalue weighted by molar-refractivity contribution is -0.136. The maximum Gasteiger partial charge on any atom is 0.418 e. The van der Waals surface area contributed by atoms with Crippen molar-refractivity contribution in [2.24, 2.45) is 0 Å². The molecule has 25 heavy (non-hydrogen) atoms. The van der Waals surface area contributed by atoms with Crippen LogP contribution in [0.15, 0.2) is 36.7 Å². The summed E-state index contributed by atoms with van der Waals surface area (Å²) < 4.78 is 39.5. The number of pyridine rings is 1. The second-order valence-electron chi connectivity index (χ2n) is 5.78. The molecule has 3 aromatic rings. The molecule has 1 aromatic carbocycles. The molecule has 2 aromatic heterocycles. The van der Waals surface area contributed by atoms with Gasteiger partial charge in [-0.1, -0.05) is 12.1 Å². The third-order valence-electron chi connectivity index (χ3n) is 3.69. The Kier molecular flexibility index (Phi) is 4.20. The molecule has 1 N–H and O–H groups in total. The summed E-state index contributed by atoms with van der Waals surface area (Å²) in [7, 11) is 3.72. The van der Waals surface area contributed by atoms with Gasteiger partial charge in [-0.3, -0.25) is 4.98 Å². The van der Waals surface area contributed by atoms with E-state index in [2.05, 4.69) is 20.3 Å². The summed E-state index contributed by atoms with van der Waals surface area (Å²) in [6.45, 7) is 1.89. The van der Waals surface area contributed by atoms with Gasteiger partial charge < -0.3 is 10.2 Å². The first kappa shape index (κ1) is 16.9. The van der Waals surface area contributed by atoms with Crippen LogP contribution in [0.4, 0.5) is 30.6 Å². The molecule has 0 saturated heterocycles. The number of para-hydroxylation sites is 1. The van der Waals surface area contributed by atoms with E-state index in [9.17, 15) is 13.2 Å². The van der Waals surface area contributed by atoms with Crippen LogP contribution in [0, 0.1) is 6.92 Å². The average Bonchev–Trinajstić information content (AvgIpc) is 2.55. The highest BCUT2D eigenvalue weighted by Gasteiger charge is 2.33. The van der Waals surface area contributed by atoms with Gasteiger partial charge in [-0.15, -0.1) is 0 Å². The van der Waals surface area contributed by atoms with Crippen LogP contribution in [0.1, 0.15) is 11.1 Å². The van der Waals surface area contributed by atoms with Crippen LogP contribution in [0.5, 0.6) is 0 Å². The number of benzene rings is 1. The summed E-state index contributed by atoms with van der Waals surface area (Å²) in [5, 5.41) is 3.35. The molecule has 3 rings (SSSR count). The quantitative estimate of drug-likeness (QED) is 0.771. The van der Waals surface area contributed by atoms with Gasteiger partial charge in [-0.05, 0) is 19.1 Å². The molecule has 0 bridgehead atoms. The number of halogens is 3. The molecule has 0 amide bonds. The van der Waals surface area contributed by atoms with Gasteiger partial charge in [0.15, 0.2) is 0 Å². The number of aryl methyl sites for hydroxylation is 1. The Labute approximate surface area is 142 Å². The van der Waals surface area contributed by atoms with Crippen molar-refractivity contribution in [1.82, 2.24) is 15.0 Å². The third kappa shape index (κ3) is 3.33. The van der Waals surface area contributed by atoms with Gasteiger partial charge in [-0.25, -0.2) is 4.98 Å². The van der Waals surface area contributed by atoms with E-state index in [-0.39, 0.29) is 5.52 Å². The number of alkyl halides is 3. The second kappa shape index (κ2) is 6.19. The zero-order chi connectivity index (χ0) is 18.2. The highest BCUT2D eigenvalue weighted by Crippen LogP contribution is 2.36. The first-order valence-electron chi connectivity index (χ1n) is 7.50. The Balaban J connectivity index is 2.07. The van der Waals surface area contributed by atoms with Crippen molar-refractivity contribution in [3.8, 4) is 0 Å². The number of hydrogen-bond acceptors (Lipinski definition) is 5. The maximum atomic E-state index is 13.2. The number of nitrogens with one attached hydrogen (secondary N) is 1. The molecule has 0 atom stereocenters. The largest absolute Gasteiger partial charge is 0.418 e. The molecule has 0 aliphatic heterocycles. The number of hydrogen-bond donors (Lipinski definition) is 1. The molecule has 0 unspecified atom stereocenters. The monoisotopic (exact) mass is 347 g/mol. The first-order valence-corrected chi connectivity index (χ1v) is 7.50. The summed E-state index contributed by atoms with van der Waals surface area (Å²) in [5.41, 5.74) is 0.478. The summed E-state index contributed by atoms with van der Waals surface area (Å²) in [5.74, 6) is 1.03. The van der Waals surface area contributed by atoms with E-state index in [1.807, 2.05) is 25.9 Å². The second-order valence-corrected chi connectivity index (χ2v) is 5.78. The molecular weight excluding hydrogens is 331 g/mol. The lowest BCUT2D eigenvalue weighted by atomic mass is 10.1. The molecule has 0 aliphatic carbocycles. The molecular formula is C17H16F3N5. The van der Waals surface area contributed by atoms with Crippen LogP contribution in [0.2, 0.25) is 0 Å². The minimum absolute atomic E-state index is 0.111. The van der Waals surface area contributed by atoms with Gasteiger partial charge in [0.05, 0.1) is 16.8 Å². The summed E-state index contributed by atoms with van der Waals surface area (Å²) in [6.07, 6.45) is -1.47. The van der Waals surface area contributed by atoms with Crippen molar-refractivity contribution in [3.05, 3.63) is 47.8 Å². The summed E-state index contributed by atoms with van der Waals surface area (Å²) in [6, 6.07) is 5.56. The lowest BCUT2D eigenvalue weighted by Gasteiger charge is -2.16. The molecule has 0 fully saturated rings. The van der Waals surface area contributed by atoms with Gasteiger partial charge in [0, 0.05) is 37.4 Å². The fourth-order valence-electron chi connectivity index (χ4n) is 2.58. The fourth-order valence-corrected chi connectivity index (χ4v) is 2.58. The van der Waals surface area contributed by atoms with Crippen molar-refractivity contribution < 1.29 is 13.2 Å². The molecule has 2 heterocycles. The van der Waals surface area contributed by atoms with Crippen LogP contribution in [-0.4, -0.2) is 29.0 Å². The van der Waals surface area contributed by atoms with Crippen LogP contribution < -0.4 is 10.2 Å². The van der Waals surface area contributed by atoms with Gasteiger partial charge in [0.2, 0.25) is 5.95 Å². The first-order chi connectivity index (χ1) is 11.8. The minimum Gasteiger partial charge on any atom is -0.362 e. The van der Waals surface area contributed by atoms with E-state index in [0.29, 0.717) is 17.0 Å². The summed E-state index contributed by atoms with van der Waals surface area (Å²) in [4.78, 5) is 14.4. The van der Waals surface area contributed by atoms with Crippen molar-refractivity contribution in [1.29, 1.82) is 0 Å². The molecule has 130 valence electrons. The number of rotatable bonds is 3. The normalized spacial score (nSPS) is 11.6.